The predicted octanol–water partition coefficient (Wildman–Crippen LogP) is 4.70. The number of nitrogens with zero attached hydrogens (tertiary/aromatic N) is 1. The Balaban J connectivity index is 1.63. The summed E-state index contributed by atoms with van der Waals surface area (Å²) >= 11 is 6.24. The zero-order valence-electron chi connectivity index (χ0n) is 18.4. The first-order chi connectivity index (χ1) is 15.4. The van der Waals surface area contributed by atoms with Crippen LogP contribution in [-0.4, -0.2) is 40.1 Å². The van der Waals surface area contributed by atoms with E-state index in [-0.39, 0.29) is 17.3 Å². The molecule has 1 N–H and O–H groups in total. The van der Waals surface area contributed by atoms with Crippen molar-refractivity contribution in [3.63, 3.8) is 0 Å². The van der Waals surface area contributed by atoms with Crippen molar-refractivity contribution in [1.29, 1.82) is 0 Å². The Hall–Kier alpha value is -2.09. The molecule has 0 bridgehead atoms. The maximum Gasteiger partial charge on any atom is 0.264 e. The molecule has 0 atom stereocenters. The molecule has 0 saturated heterocycles. The first-order valence-corrected chi connectivity index (χ1v) is 12.9. The number of carbonyl (C=O) groups is 1. The lowest BCUT2D eigenvalue weighted by Crippen LogP contribution is -2.41. The Morgan fingerprint density at radius 1 is 1.12 bits per heavy atom. The van der Waals surface area contributed by atoms with Gasteiger partial charge in [0.1, 0.15) is 6.54 Å². The number of amides is 1. The summed E-state index contributed by atoms with van der Waals surface area (Å²) in [5, 5.41) is 3.25. The molecule has 1 saturated carbocycles. The van der Waals surface area contributed by atoms with E-state index in [0.29, 0.717) is 36.4 Å². The van der Waals surface area contributed by atoms with Crippen molar-refractivity contribution in [1.82, 2.24) is 5.32 Å². The summed E-state index contributed by atoms with van der Waals surface area (Å²) in [5.41, 5.74) is 1.18. The summed E-state index contributed by atoms with van der Waals surface area (Å²) in [6, 6.07) is 13.0. The van der Waals surface area contributed by atoms with E-state index in [1.165, 1.54) is 31.4 Å². The van der Waals surface area contributed by atoms with Crippen LogP contribution >= 0.6 is 11.6 Å². The number of aryl methyl sites for hydroxylation is 1. The van der Waals surface area contributed by atoms with E-state index in [9.17, 15) is 13.2 Å². The molecule has 0 aliphatic heterocycles. The summed E-state index contributed by atoms with van der Waals surface area (Å²) < 4.78 is 33.6. The highest BCUT2D eigenvalue weighted by Gasteiger charge is 2.27. The molecule has 2 aromatic rings. The molecule has 3 rings (SSSR count). The van der Waals surface area contributed by atoms with E-state index in [4.69, 9.17) is 16.3 Å². The van der Waals surface area contributed by atoms with E-state index in [0.717, 1.165) is 22.7 Å². The monoisotopic (exact) mass is 478 g/mol. The molecule has 2 aromatic carbocycles. The average Bonchev–Trinajstić information content (AvgIpc) is 2.80. The van der Waals surface area contributed by atoms with Crippen molar-refractivity contribution in [3.05, 3.63) is 59.1 Å². The largest absolute Gasteiger partial charge is 0.378 e. The molecule has 0 unspecified atom stereocenters. The molecule has 1 amide bonds. The van der Waals surface area contributed by atoms with Gasteiger partial charge in [0.15, 0.2) is 0 Å². The van der Waals surface area contributed by atoms with Crippen LogP contribution in [0.4, 0.5) is 5.69 Å². The number of sulfonamides is 1. The highest BCUT2D eigenvalue weighted by Crippen LogP contribution is 2.28. The zero-order chi connectivity index (χ0) is 23.0. The summed E-state index contributed by atoms with van der Waals surface area (Å²) in [6.45, 7) is 2.52. The summed E-state index contributed by atoms with van der Waals surface area (Å²) in [6.07, 6.45) is 6.95. The highest BCUT2D eigenvalue weighted by atomic mass is 35.5. The quantitative estimate of drug-likeness (QED) is 0.502. The minimum atomic E-state index is -3.94. The standard InChI is InChI=1S/C24H31ClN2O4S/c1-19-13-14-20(17-23(19)25)27(32(29,30)22-11-6-3-7-12-22)18-24(28)26-15-8-16-31-21-9-4-2-5-10-21/h3,6-7,11-14,17,21H,2,4-5,8-10,15-16,18H2,1H3,(H,26,28). The Labute approximate surface area is 196 Å². The predicted molar refractivity (Wildman–Crippen MR) is 128 cm³/mol. The number of hydrogen-bond acceptors (Lipinski definition) is 4. The molecule has 0 spiro atoms. The third-order valence-electron chi connectivity index (χ3n) is 5.61. The molecule has 1 fully saturated rings. The van der Waals surface area contributed by atoms with Gasteiger partial charge in [0.25, 0.3) is 10.0 Å². The Kier molecular flexibility index (Phi) is 8.96. The van der Waals surface area contributed by atoms with Gasteiger partial charge in [0.2, 0.25) is 5.91 Å². The number of rotatable bonds is 10. The summed E-state index contributed by atoms with van der Waals surface area (Å²) in [5.74, 6) is -0.376. The number of nitrogens with one attached hydrogen (secondary N) is 1. The average molecular weight is 479 g/mol. The van der Waals surface area contributed by atoms with E-state index in [1.807, 2.05) is 6.92 Å². The Morgan fingerprint density at radius 2 is 1.84 bits per heavy atom. The lowest BCUT2D eigenvalue weighted by molar-refractivity contribution is -0.119. The zero-order valence-corrected chi connectivity index (χ0v) is 20.0. The fourth-order valence-electron chi connectivity index (χ4n) is 3.74. The second kappa shape index (κ2) is 11.7. The topological polar surface area (TPSA) is 75.7 Å². The van der Waals surface area contributed by atoms with Crippen molar-refractivity contribution < 1.29 is 17.9 Å². The molecule has 0 heterocycles. The minimum Gasteiger partial charge on any atom is -0.378 e. The van der Waals surface area contributed by atoms with Crippen molar-refractivity contribution in [2.24, 2.45) is 0 Å². The number of carbonyl (C=O) groups excluding carboxylic acids is 1. The van der Waals surface area contributed by atoms with Gasteiger partial charge in [-0.1, -0.05) is 55.1 Å². The van der Waals surface area contributed by atoms with Crippen molar-refractivity contribution in [2.45, 2.75) is 56.4 Å². The maximum atomic E-state index is 13.3. The van der Waals surface area contributed by atoms with Crippen LogP contribution in [0, 0.1) is 6.92 Å². The van der Waals surface area contributed by atoms with Crippen LogP contribution in [0.3, 0.4) is 0 Å². The van der Waals surface area contributed by atoms with Gasteiger partial charge in [0, 0.05) is 18.2 Å². The number of anilines is 1. The maximum absolute atomic E-state index is 13.3. The molecular formula is C24H31ClN2O4S. The second-order valence-corrected chi connectivity index (χ2v) is 10.4. The van der Waals surface area contributed by atoms with E-state index >= 15 is 0 Å². The first kappa shape index (κ1) is 24.6. The van der Waals surface area contributed by atoms with Crippen LogP contribution in [0.5, 0.6) is 0 Å². The second-order valence-electron chi connectivity index (χ2n) is 8.09. The molecule has 6 nitrogen and oxygen atoms in total. The van der Waals surface area contributed by atoms with Crippen LogP contribution < -0.4 is 9.62 Å². The van der Waals surface area contributed by atoms with Crippen molar-refractivity contribution in [2.75, 3.05) is 24.0 Å². The fourth-order valence-corrected chi connectivity index (χ4v) is 5.35. The Morgan fingerprint density at radius 3 is 2.53 bits per heavy atom. The van der Waals surface area contributed by atoms with Gasteiger partial charge in [-0.2, -0.15) is 0 Å². The molecule has 174 valence electrons. The number of hydrogen-bond donors (Lipinski definition) is 1. The minimum absolute atomic E-state index is 0.116. The molecule has 8 heteroatoms. The fraction of sp³-hybridized carbons (Fsp3) is 0.458. The van der Waals surface area contributed by atoms with Crippen LogP contribution in [0.25, 0.3) is 0 Å². The van der Waals surface area contributed by atoms with Gasteiger partial charge in [-0.15, -0.1) is 0 Å². The number of halogens is 1. The highest BCUT2D eigenvalue weighted by molar-refractivity contribution is 7.92. The molecular weight excluding hydrogens is 448 g/mol. The third kappa shape index (κ3) is 6.70. The van der Waals surface area contributed by atoms with Crippen LogP contribution in [0.2, 0.25) is 5.02 Å². The SMILES string of the molecule is Cc1ccc(N(CC(=O)NCCCOC2CCCCC2)S(=O)(=O)c2ccccc2)cc1Cl. The van der Waals surface area contributed by atoms with Gasteiger partial charge < -0.3 is 10.1 Å². The molecule has 1 aliphatic carbocycles. The lowest BCUT2D eigenvalue weighted by Gasteiger charge is -2.25. The van der Waals surface area contributed by atoms with E-state index < -0.39 is 10.0 Å². The normalized spacial score (nSPS) is 14.8. The van der Waals surface area contributed by atoms with Gasteiger partial charge in [-0.25, -0.2) is 8.42 Å². The molecule has 32 heavy (non-hydrogen) atoms. The molecule has 0 aromatic heterocycles. The molecule has 0 radical (unpaired) electrons. The van der Waals surface area contributed by atoms with Gasteiger partial charge >= 0.3 is 0 Å². The first-order valence-electron chi connectivity index (χ1n) is 11.1. The molecule has 1 aliphatic rings. The smallest absolute Gasteiger partial charge is 0.264 e. The summed E-state index contributed by atoms with van der Waals surface area (Å²) in [7, 11) is -3.94. The van der Waals surface area contributed by atoms with Crippen LogP contribution in [0.1, 0.15) is 44.1 Å². The Bertz CT molecular complexity index is 992. The lowest BCUT2D eigenvalue weighted by atomic mass is 9.98. The summed E-state index contributed by atoms with van der Waals surface area (Å²) in [4.78, 5) is 12.7. The van der Waals surface area contributed by atoms with Crippen molar-refractivity contribution in [3.8, 4) is 0 Å². The van der Waals surface area contributed by atoms with E-state index in [1.54, 1.807) is 36.4 Å². The van der Waals surface area contributed by atoms with E-state index in [2.05, 4.69) is 5.32 Å². The number of benzene rings is 2. The van der Waals surface area contributed by atoms with Crippen molar-refractivity contribution >= 4 is 33.2 Å². The van der Waals surface area contributed by atoms with Gasteiger partial charge in [-0.05, 0) is 56.0 Å². The van der Waals surface area contributed by atoms with Gasteiger partial charge in [0.05, 0.1) is 16.7 Å². The number of ether oxygens (including phenoxy) is 1. The van der Waals surface area contributed by atoms with Crippen LogP contribution in [0.15, 0.2) is 53.4 Å². The third-order valence-corrected chi connectivity index (χ3v) is 7.81. The van der Waals surface area contributed by atoms with Gasteiger partial charge in [-0.3, -0.25) is 9.10 Å². The van der Waals surface area contributed by atoms with Crippen LogP contribution in [-0.2, 0) is 19.6 Å².